The summed E-state index contributed by atoms with van der Waals surface area (Å²) in [7, 11) is 3.65. The topological polar surface area (TPSA) is 63.2 Å². The summed E-state index contributed by atoms with van der Waals surface area (Å²) < 4.78 is 32.8. The summed E-state index contributed by atoms with van der Waals surface area (Å²) in [5.74, 6) is -1.72. The molecule has 0 spiro atoms. The molecule has 1 aliphatic rings. The van der Waals surface area contributed by atoms with E-state index in [1.807, 2.05) is 19.2 Å². The maximum atomic E-state index is 13.5. The molecule has 1 heterocycles. The molecule has 2 aromatic carbocycles. The fraction of sp³-hybridized carbons (Fsp3) is 0.333. The molecule has 0 saturated carbocycles. The van der Waals surface area contributed by atoms with Crippen LogP contribution in [0.4, 0.5) is 8.78 Å². The van der Waals surface area contributed by atoms with Gasteiger partial charge in [0.2, 0.25) is 0 Å². The lowest BCUT2D eigenvalue weighted by Crippen LogP contribution is -2.41. The predicted molar refractivity (Wildman–Crippen MR) is 136 cm³/mol. The van der Waals surface area contributed by atoms with Crippen LogP contribution in [0.2, 0.25) is 0 Å². The number of nitrogens with zero attached hydrogens (tertiary/aromatic N) is 3. The SMILES string of the molecule is CCC1C=C(c2cccc(C)c2)N=C(C(=CN)C(COc2ccc(C(C)(F)F)cc2)=NC)N1C. The lowest BCUT2D eigenvalue weighted by Gasteiger charge is -2.33. The molecule has 3 rings (SSSR count). The summed E-state index contributed by atoms with van der Waals surface area (Å²) in [6, 6.07) is 14.2. The van der Waals surface area contributed by atoms with E-state index in [4.69, 9.17) is 15.5 Å². The molecular formula is C27H32F2N4O. The highest BCUT2D eigenvalue weighted by molar-refractivity contribution is 6.25. The molecule has 34 heavy (non-hydrogen) atoms. The van der Waals surface area contributed by atoms with Crippen molar-refractivity contribution in [2.75, 3.05) is 20.7 Å². The highest BCUT2D eigenvalue weighted by Crippen LogP contribution is 2.29. The number of aryl methyl sites for hydroxylation is 1. The van der Waals surface area contributed by atoms with Crippen molar-refractivity contribution in [3.05, 3.63) is 83.1 Å². The number of amidine groups is 1. The Morgan fingerprint density at radius 1 is 1.24 bits per heavy atom. The molecular weight excluding hydrogens is 434 g/mol. The lowest BCUT2D eigenvalue weighted by molar-refractivity contribution is 0.0174. The molecule has 0 bridgehead atoms. The molecule has 0 saturated heterocycles. The van der Waals surface area contributed by atoms with Crippen molar-refractivity contribution in [1.29, 1.82) is 0 Å². The van der Waals surface area contributed by atoms with Gasteiger partial charge in [0, 0.05) is 38.3 Å². The number of likely N-dealkylation sites (N-methyl/N-ethyl adjacent to an activating group) is 1. The van der Waals surface area contributed by atoms with E-state index in [0.29, 0.717) is 22.9 Å². The van der Waals surface area contributed by atoms with Gasteiger partial charge in [-0.2, -0.15) is 0 Å². The second-order valence-electron chi connectivity index (χ2n) is 8.40. The monoisotopic (exact) mass is 466 g/mol. The van der Waals surface area contributed by atoms with Crippen LogP contribution >= 0.6 is 0 Å². The largest absolute Gasteiger partial charge is 0.487 e. The van der Waals surface area contributed by atoms with E-state index in [1.165, 1.54) is 30.5 Å². The minimum absolute atomic E-state index is 0.0639. The van der Waals surface area contributed by atoms with Crippen molar-refractivity contribution in [3.8, 4) is 5.75 Å². The van der Waals surface area contributed by atoms with Gasteiger partial charge in [-0.3, -0.25) is 4.99 Å². The second kappa shape index (κ2) is 10.6. The zero-order chi connectivity index (χ0) is 24.9. The summed E-state index contributed by atoms with van der Waals surface area (Å²) in [5.41, 5.74) is 10.4. The first-order chi connectivity index (χ1) is 16.2. The van der Waals surface area contributed by atoms with Gasteiger partial charge in [0.25, 0.3) is 5.92 Å². The van der Waals surface area contributed by atoms with E-state index in [1.54, 1.807) is 7.05 Å². The molecule has 0 radical (unpaired) electrons. The van der Waals surface area contributed by atoms with Crippen LogP contribution in [0.5, 0.6) is 5.75 Å². The Bertz CT molecular complexity index is 1130. The van der Waals surface area contributed by atoms with Crippen LogP contribution in [0.15, 0.2) is 76.4 Å². The van der Waals surface area contributed by atoms with Crippen molar-refractivity contribution >= 4 is 17.2 Å². The minimum atomic E-state index is -2.90. The third kappa shape index (κ3) is 5.71. The maximum absolute atomic E-state index is 13.5. The van der Waals surface area contributed by atoms with E-state index in [9.17, 15) is 8.78 Å². The van der Waals surface area contributed by atoms with E-state index in [0.717, 1.165) is 30.2 Å². The zero-order valence-corrected chi connectivity index (χ0v) is 20.3. The molecule has 1 aliphatic heterocycles. The fourth-order valence-corrected chi connectivity index (χ4v) is 3.85. The van der Waals surface area contributed by atoms with E-state index < -0.39 is 5.92 Å². The molecule has 1 atom stereocenters. The van der Waals surface area contributed by atoms with Gasteiger partial charge in [-0.1, -0.05) is 30.7 Å². The maximum Gasteiger partial charge on any atom is 0.270 e. The smallest absolute Gasteiger partial charge is 0.270 e. The normalized spacial score (nSPS) is 17.4. The molecule has 0 aliphatic carbocycles. The van der Waals surface area contributed by atoms with Gasteiger partial charge < -0.3 is 15.4 Å². The van der Waals surface area contributed by atoms with Crippen LogP contribution in [0, 0.1) is 6.92 Å². The zero-order valence-electron chi connectivity index (χ0n) is 20.3. The van der Waals surface area contributed by atoms with Crippen LogP contribution in [0.25, 0.3) is 5.70 Å². The van der Waals surface area contributed by atoms with E-state index in [2.05, 4.69) is 41.9 Å². The first-order valence-corrected chi connectivity index (χ1v) is 11.3. The number of ether oxygens (including phenoxy) is 1. The third-order valence-corrected chi connectivity index (χ3v) is 5.87. The van der Waals surface area contributed by atoms with Gasteiger partial charge in [-0.15, -0.1) is 0 Å². The highest BCUT2D eigenvalue weighted by atomic mass is 19.3. The predicted octanol–water partition coefficient (Wildman–Crippen LogP) is 5.56. The van der Waals surface area contributed by atoms with Crippen molar-refractivity contribution in [2.24, 2.45) is 15.7 Å². The average molecular weight is 467 g/mol. The Morgan fingerprint density at radius 2 is 1.94 bits per heavy atom. The Morgan fingerprint density at radius 3 is 2.50 bits per heavy atom. The molecule has 5 nitrogen and oxygen atoms in total. The highest BCUT2D eigenvalue weighted by Gasteiger charge is 2.27. The summed E-state index contributed by atoms with van der Waals surface area (Å²) in [6.45, 7) is 5.17. The molecule has 7 heteroatoms. The van der Waals surface area contributed by atoms with Crippen molar-refractivity contribution in [1.82, 2.24) is 4.90 Å². The molecule has 0 fully saturated rings. The first-order valence-electron chi connectivity index (χ1n) is 11.3. The van der Waals surface area contributed by atoms with Gasteiger partial charge in [0.05, 0.1) is 23.0 Å². The second-order valence-corrected chi connectivity index (χ2v) is 8.40. The number of aliphatic imine (C=N–C) groups is 2. The molecule has 1 unspecified atom stereocenters. The Labute approximate surface area is 200 Å². The first kappa shape index (κ1) is 25.1. The van der Waals surface area contributed by atoms with Crippen LogP contribution < -0.4 is 10.5 Å². The van der Waals surface area contributed by atoms with Crippen molar-refractivity contribution in [3.63, 3.8) is 0 Å². The standard InChI is InChI=1S/C27H32F2N4O/c1-6-21-15-24(19-9-7-8-18(2)14-19)32-26(33(21)5)23(16-30)25(31-4)17-34-22-12-10-20(11-13-22)27(3,28)29/h7-16,21H,6,17,30H2,1-5H3. The number of halogens is 2. The Kier molecular flexibility index (Phi) is 7.87. The van der Waals surface area contributed by atoms with Crippen molar-refractivity contribution in [2.45, 2.75) is 39.2 Å². The van der Waals surface area contributed by atoms with Gasteiger partial charge in [-0.25, -0.2) is 13.8 Å². The van der Waals surface area contributed by atoms with Gasteiger partial charge >= 0.3 is 0 Å². The third-order valence-electron chi connectivity index (χ3n) is 5.87. The number of hydrogen-bond donors (Lipinski definition) is 1. The summed E-state index contributed by atoms with van der Waals surface area (Å²) in [6.07, 6.45) is 4.55. The molecule has 2 aromatic rings. The number of rotatable bonds is 8. The molecule has 2 N–H and O–H groups in total. The van der Waals surface area contributed by atoms with Crippen LogP contribution in [-0.4, -0.2) is 43.2 Å². The molecule has 0 aromatic heterocycles. The number of hydrogen-bond acceptors (Lipinski definition) is 5. The Hall–Kier alpha value is -3.48. The van der Waals surface area contributed by atoms with Crippen LogP contribution in [0.3, 0.4) is 0 Å². The van der Waals surface area contributed by atoms with E-state index >= 15 is 0 Å². The van der Waals surface area contributed by atoms with Gasteiger partial charge in [-0.05, 0) is 49.8 Å². The summed E-state index contributed by atoms with van der Waals surface area (Å²) >= 11 is 0. The molecule has 0 amide bonds. The quantitative estimate of drug-likeness (QED) is 0.518. The fourth-order valence-electron chi connectivity index (χ4n) is 3.85. The van der Waals surface area contributed by atoms with Gasteiger partial charge in [0.15, 0.2) is 0 Å². The number of nitrogens with two attached hydrogens (primary N) is 1. The van der Waals surface area contributed by atoms with Crippen LogP contribution in [0.1, 0.15) is 37.0 Å². The average Bonchev–Trinajstić information content (AvgIpc) is 2.82. The minimum Gasteiger partial charge on any atom is -0.487 e. The summed E-state index contributed by atoms with van der Waals surface area (Å²) in [5, 5.41) is 0. The summed E-state index contributed by atoms with van der Waals surface area (Å²) in [4.78, 5) is 11.4. The lowest BCUT2D eigenvalue weighted by atomic mass is 10.0. The number of benzene rings is 2. The van der Waals surface area contributed by atoms with Crippen molar-refractivity contribution < 1.29 is 13.5 Å². The van der Waals surface area contributed by atoms with E-state index in [-0.39, 0.29) is 18.2 Å². The Balaban J connectivity index is 1.86. The van der Waals surface area contributed by atoms with Gasteiger partial charge in [0.1, 0.15) is 18.2 Å². The molecule has 180 valence electrons. The van der Waals surface area contributed by atoms with Crippen LogP contribution in [-0.2, 0) is 5.92 Å². The number of alkyl halides is 2.